The zero-order valence-corrected chi connectivity index (χ0v) is 8.74. The lowest BCUT2D eigenvalue weighted by molar-refractivity contribution is 0.0438. The van der Waals surface area contributed by atoms with Gasteiger partial charge in [0.05, 0.1) is 12.2 Å². The number of sulfonamides is 1. The zero-order chi connectivity index (χ0) is 10.8. The number of aliphatic hydroxyl groups is 2. The van der Waals surface area contributed by atoms with Crippen molar-refractivity contribution >= 4 is 10.0 Å². The highest BCUT2D eigenvalue weighted by molar-refractivity contribution is 7.92. The first-order valence-electron chi connectivity index (χ1n) is 4.42. The minimum Gasteiger partial charge on any atom is -0.390 e. The van der Waals surface area contributed by atoms with Crippen molar-refractivity contribution in [2.24, 2.45) is 5.92 Å². The first kappa shape index (κ1) is 11.6. The molecular formula is C8H15NO4S. The number of hydrogen-bond donors (Lipinski definition) is 3. The Kier molecular flexibility index (Phi) is 3.65. The quantitative estimate of drug-likeness (QED) is 0.581. The second-order valence-corrected chi connectivity index (χ2v) is 5.21. The van der Waals surface area contributed by atoms with Gasteiger partial charge in [-0.05, 0) is 25.8 Å². The van der Waals surface area contributed by atoms with E-state index in [1.54, 1.807) is 0 Å². The van der Waals surface area contributed by atoms with Gasteiger partial charge < -0.3 is 10.2 Å². The third-order valence-corrected chi connectivity index (χ3v) is 3.43. The van der Waals surface area contributed by atoms with Crippen molar-refractivity contribution in [2.45, 2.75) is 25.0 Å². The van der Waals surface area contributed by atoms with Crippen LogP contribution in [-0.2, 0) is 10.0 Å². The number of nitrogens with one attached hydrogen (secondary N) is 1. The van der Waals surface area contributed by atoms with Crippen LogP contribution in [0.1, 0.15) is 12.8 Å². The predicted molar refractivity (Wildman–Crippen MR) is 51.9 cm³/mol. The SMILES string of the molecule is CNS(=O)(=O)/C=C/C1C[C@@H](O)[C@@H](O)C1. The summed E-state index contributed by atoms with van der Waals surface area (Å²) in [6.45, 7) is 0. The third-order valence-electron chi connectivity index (χ3n) is 2.35. The molecule has 1 saturated carbocycles. The number of aliphatic hydroxyl groups excluding tert-OH is 2. The fraction of sp³-hybridized carbons (Fsp3) is 0.750. The zero-order valence-electron chi connectivity index (χ0n) is 7.92. The standard InChI is InChI=1S/C8H15NO4S/c1-9-14(12,13)3-2-6-4-7(10)8(11)5-6/h2-3,6-11H,4-5H2,1H3/b3-2+/t6?,7-,8+. The van der Waals surface area contributed by atoms with Crippen molar-refractivity contribution < 1.29 is 18.6 Å². The average molecular weight is 221 g/mol. The van der Waals surface area contributed by atoms with Crippen LogP contribution in [0, 0.1) is 5.92 Å². The second kappa shape index (κ2) is 4.39. The van der Waals surface area contributed by atoms with E-state index in [-0.39, 0.29) is 5.92 Å². The molecule has 1 rings (SSSR count). The van der Waals surface area contributed by atoms with Gasteiger partial charge in [0.1, 0.15) is 0 Å². The summed E-state index contributed by atoms with van der Waals surface area (Å²) in [6.07, 6.45) is 0.864. The van der Waals surface area contributed by atoms with Gasteiger partial charge in [-0.1, -0.05) is 6.08 Å². The molecule has 1 unspecified atom stereocenters. The van der Waals surface area contributed by atoms with E-state index in [1.165, 1.54) is 13.1 Å². The Bertz CT molecular complexity index is 301. The van der Waals surface area contributed by atoms with Gasteiger partial charge in [-0.3, -0.25) is 0 Å². The molecular weight excluding hydrogens is 206 g/mol. The van der Waals surface area contributed by atoms with E-state index in [2.05, 4.69) is 4.72 Å². The molecule has 0 bridgehead atoms. The van der Waals surface area contributed by atoms with E-state index in [4.69, 9.17) is 0 Å². The molecule has 3 N–H and O–H groups in total. The molecule has 82 valence electrons. The van der Waals surface area contributed by atoms with Gasteiger partial charge in [0, 0.05) is 5.41 Å². The van der Waals surface area contributed by atoms with Crippen LogP contribution in [0.4, 0.5) is 0 Å². The largest absolute Gasteiger partial charge is 0.390 e. The van der Waals surface area contributed by atoms with E-state index >= 15 is 0 Å². The number of allylic oxidation sites excluding steroid dienone is 1. The fourth-order valence-corrected chi connectivity index (χ4v) is 2.04. The van der Waals surface area contributed by atoms with Gasteiger partial charge >= 0.3 is 0 Å². The highest BCUT2D eigenvalue weighted by atomic mass is 32.2. The number of hydrogen-bond acceptors (Lipinski definition) is 4. The second-order valence-electron chi connectivity index (χ2n) is 3.44. The molecule has 3 atom stereocenters. The van der Waals surface area contributed by atoms with Crippen LogP contribution in [0.15, 0.2) is 11.5 Å². The van der Waals surface area contributed by atoms with Crippen molar-refractivity contribution in [3.05, 3.63) is 11.5 Å². The summed E-state index contributed by atoms with van der Waals surface area (Å²) >= 11 is 0. The maximum absolute atomic E-state index is 11.0. The van der Waals surface area contributed by atoms with Crippen LogP contribution in [0.2, 0.25) is 0 Å². The van der Waals surface area contributed by atoms with Crippen LogP contribution < -0.4 is 4.72 Å². The summed E-state index contributed by atoms with van der Waals surface area (Å²) in [6, 6.07) is 0. The molecule has 0 aromatic carbocycles. The Morgan fingerprint density at radius 1 is 1.29 bits per heavy atom. The maximum atomic E-state index is 11.0. The van der Waals surface area contributed by atoms with Gasteiger partial charge in [-0.2, -0.15) is 0 Å². The average Bonchev–Trinajstić information content (AvgIpc) is 2.44. The molecule has 1 aliphatic rings. The summed E-state index contributed by atoms with van der Waals surface area (Å²) in [4.78, 5) is 0. The van der Waals surface area contributed by atoms with E-state index in [1.807, 2.05) is 0 Å². The predicted octanol–water partition coefficient (Wildman–Crippen LogP) is -0.819. The molecule has 0 amide bonds. The Morgan fingerprint density at radius 2 is 1.79 bits per heavy atom. The Morgan fingerprint density at radius 3 is 2.21 bits per heavy atom. The summed E-state index contributed by atoms with van der Waals surface area (Å²) in [5, 5.41) is 19.5. The molecule has 0 heterocycles. The molecule has 0 spiro atoms. The minimum atomic E-state index is -3.34. The number of rotatable bonds is 3. The van der Waals surface area contributed by atoms with Crippen LogP contribution >= 0.6 is 0 Å². The van der Waals surface area contributed by atoms with Gasteiger partial charge in [-0.25, -0.2) is 13.1 Å². The van der Waals surface area contributed by atoms with E-state index < -0.39 is 22.2 Å². The summed E-state index contributed by atoms with van der Waals surface area (Å²) in [5.41, 5.74) is 0. The Hall–Kier alpha value is -0.430. The Balaban J connectivity index is 2.55. The molecule has 5 nitrogen and oxygen atoms in total. The third kappa shape index (κ3) is 3.06. The highest BCUT2D eigenvalue weighted by Crippen LogP contribution is 2.27. The lowest BCUT2D eigenvalue weighted by atomic mass is 10.1. The summed E-state index contributed by atoms with van der Waals surface area (Å²) < 4.78 is 24.1. The van der Waals surface area contributed by atoms with Gasteiger partial charge in [0.15, 0.2) is 0 Å². The first-order valence-corrected chi connectivity index (χ1v) is 5.97. The van der Waals surface area contributed by atoms with Crippen molar-refractivity contribution in [3.8, 4) is 0 Å². The van der Waals surface area contributed by atoms with Crippen LogP contribution in [0.25, 0.3) is 0 Å². The van der Waals surface area contributed by atoms with Crippen LogP contribution in [0.5, 0.6) is 0 Å². The summed E-state index contributed by atoms with van der Waals surface area (Å²) in [5.74, 6) is -0.0666. The Labute approximate surface area is 83.5 Å². The summed E-state index contributed by atoms with van der Waals surface area (Å²) in [7, 11) is -2.00. The van der Waals surface area contributed by atoms with E-state index in [0.717, 1.165) is 5.41 Å². The van der Waals surface area contributed by atoms with Crippen LogP contribution in [0.3, 0.4) is 0 Å². The molecule has 6 heteroatoms. The molecule has 1 aliphatic carbocycles. The normalized spacial score (nSPS) is 34.1. The van der Waals surface area contributed by atoms with Crippen molar-refractivity contribution in [1.29, 1.82) is 0 Å². The molecule has 0 radical (unpaired) electrons. The first-order chi connectivity index (χ1) is 6.44. The molecule has 0 aromatic rings. The molecule has 0 aromatic heterocycles. The van der Waals surface area contributed by atoms with Gasteiger partial charge in [0.25, 0.3) is 0 Å². The highest BCUT2D eigenvalue weighted by Gasteiger charge is 2.29. The lowest BCUT2D eigenvalue weighted by Gasteiger charge is -2.03. The molecule has 0 aliphatic heterocycles. The monoisotopic (exact) mass is 221 g/mol. The van der Waals surface area contributed by atoms with Crippen LogP contribution in [-0.4, -0.2) is 37.9 Å². The van der Waals surface area contributed by atoms with Crippen molar-refractivity contribution in [1.82, 2.24) is 4.72 Å². The molecule has 0 saturated heterocycles. The van der Waals surface area contributed by atoms with E-state index in [0.29, 0.717) is 12.8 Å². The van der Waals surface area contributed by atoms with E-state index in [9.17, 15) is 18.6 Å². The molecule has 14 heavy (non-hydrogen) atoms. The van der Waals surface area contributed by atoms with Crippen molar-refractivity contribution in [3.63, 3.8) is 0 Å². The van der Waals surface area contributed by atoms with Gasteiger partial charge in [0.2, 0.25) is 10.0 Å². The minimum absolute atomic E-state index is 0.0666. The lowest BCUT2D eigenvalue weighted by Crippen LogP contribution is -2.17. The van der Waals surface area contributed by atoms with Crippen molar-refractivity contribution in [2.75, 3.05) is 7.05 Å². The smallest absolute Gasteiger partial charge is 0.233 e. The maximum Gasteiger partial charge on any atom is 0.233 e. The fourth-order valence-electron chi connectivity index (χ4n) is 1.47. The molecule has 1 fully saturated rings. The van der Waals surface area contributed by atoms with Gasteiger partial charge in [-0.15, -0.1) is 0 Å². The topological polar surface area (TPSA) is 86.6 Å².